The Labute approximate surface area is 152 Å². The van der Waals surface area contributed by atoms with Gasteiger partial charge in [0.25, 0.3) is 11.6 Å². The second-order valence-corrected chi connectivity index (χ2v) is 6.51. The molecule has 26 heavy (non-hydrogen) atoms. The second kappa shape index (κ2) is 8.47. The maximum atomic E-state index is 12.1. The number of carbonyl (C=O) groups excluding carboxylic acids is 1. The zero-order chi connectivity index (χ0) is 18.4. The summed E-state index contributed by atoms with van der Waals surface area (Å²) in [5.41, 5.74) is 1.33. The molecule has 0 saturated heterocycles. The van der Waals surface area contributed by atoms with Crippen molar-refractivity contribution in [3.63, 3.8) is 0 Å². The first-order valence-electron chi connectivity index (χ1n) is 8.90. The quantitative estimate of drug-likeness (QED) is 0.621. The highest BCUT2D eigenvalue weighted by Crippen LogP contribution is 2.23. The van der Waals surface area contributed by atoms with E-state index in [0.29, 0.717) is 18.2 Å². The Morgan fingerprint density at radius 3 is 2.31 bits per heavy atom. The molecule has 1 aliphatic carbocycles. The summed E-state index contributed by atoms with van der Waals surface area (Å²) in [6, 6.07) is 13.3. The van der Waals surface area contributed by atoms with Crippen LogP contribution in [-0.4, -0.2) is 16.9 Å². The van der Waals surface area contributed by atoms with E-state index < -0.39 is 4.92 Å². The minimum Gasteiger partial charge on any atom is -0.490 e. The molecule has 6 nitrogen and oxygen atoms in total. The lowest BCUT2D eigenvalue weighted by Gasteiger charge is -2.23. The first kappa shape index (κ1) is 17.9. The van der Waals surface area contributed by atoms with E-state index in [0.717, 1.165) is 24.2 Å². The fourth-order valence-electron chi connectivity index (χ4n) is 3.08. The molecule has 1 fully saturated rings. The van der Waals surface area contributed by atoms with Crippen LogP contribution in [0.3, 0.4) is 0 Å². The van der Waals surface area contributed by atoms with Crippen molar-refractivity contribution >= 4 is 11.6 Å². The smallest absolute Gasteiger partial charge is 0.269 e. The van der Waals surface area contributed by atoms with Crippen molar-refractivity contribution in [3.8, 4) is 5.75 Å². The summed E-state index contributed by atoms with van der Waals surface area (Å²) in [5, 5.41) is 13.5. The highest BCUT2D eigenvalue weighted by molar-refractivity contribution is 5.94. The van der Waals surface area contributed by atoms with Crippen molar-refractivity contribution in [2.24, 2.45) is 0 Å². The summed E-state index contributed by atoms with van der Waals surface area (Å²) in [7, 11) is 0. The van der Waals surface area contributed by atoms with E-state index in [4.69, 9.17) is 4.74 Å². The molecule has 0 unspecified atom stereocenters. The monoisotopic (exact) mass is 354 g/mol. The Morgan fingerprint density at radius 2 is 1.69 bits per heavy atom. The van der Waals surface area contributed by atoms with Crippen LogP contribution in [0.5, 0.6) is 5.75 Å². The van der Waals surface area contributed by atoms with Gasteiger partial charge in [-0.1, -0.05) is 18.6 Å². The van der Waals surface area contributed by atoms with Gasteiger partial charge in [-0.2, -0.15) is 0 Å². The predicted molar refractivity (Wildman–Crippen MR) is 98.2 cm³/mol. The van der Waals surface area contributed by atoms with E-state index in [-0.39, 0.29) is 11.6 Å². The first-order chi connectivity index (χ1) is 12.6. The SMILES string of the molecule is O=C(NCc1ccc(OC2CCCCC2)cc1)c1ccc([N+](=O)[O-])cc1. The number of benzene rings is 2. The lowest BCUT2D eigenvalue weighted by molar-refractivity contribution is -0.384. The fourth-order valence-corrected chi connectivity index (χ4v) is 3.08. The molecular weight excluding hydrogens is 332 g/mol. The zero-order valence-electron chi connectivity index (χ0n) is 14.5. The summed E-state index contributed by atoms with van der Waals surface area (Å²) in [4.78, 5) is 22.3. The third kappa shape index (κ3) is 4.81. The van der Waals surface area contributed by atoms with Gasteiger partial charge in [-0.25, -0.2) is 0 Å². The summed E-state index contributed by atoms with van der Waals surface area (Å²) in [5.74, 6) is 0.602. The van der Waals surface area contributed by atoms with Crippen LogP contribution in [0.15, 0.2) is 48.5 Å². The third-order valence-corrected chi connectivity index (χ3v) is 4.57. The van der Waals surface area contributed by atoms with Crippen LogP contribution >= 0.6 is 0 Å². The average molecular weight is 354 g/mol. The maximum absolute atomic E-state index is 12.1. The van der Waals surface area contributed by atoms with Gasteiger partial charge in [0, 0.05) is 24.2 Å². The number of ether oxygens (including phenoxy) is 1. The first-order valence-corrected chi connectivity index (χ1v) is 8.90. The zero-order valence-corrected chi connectivity index (χ0v) is 14.5. The van der Waals surface area contributed by atoms with Crippen molar-refractivity contribution in [3.05, 3.63) is 69.8 Å². The van der Waals surface area contributed by atoms with Crippen LogP contribution in [0.4, 0.5) is 5.69 Å². The number of nitrogens with zero attached hydrogens (tertiary/aromatic N) is 1. The molecular formula is C20H22N2O4. The van der Waals surface area contributed by atoms with E-state index in [1.165, 1.54) is 43.5 Å². The van der Waals surface area contributed by atoms with Crippen LogP contribution < -0.4 is 10.1 Å². The molecule has 0 bridgehead atoms. The van der Waals surface area contributed by atoms with Crippen LogP contribution in [0, 0.1) is 10.1 Å². The normalized spacial score (nSPS) is 14.6. The van der Waals surface area contributed by atoms with Crippen molar-refractivity contribution in [2.45, 2.75) is 44.8 Å². The summed E-state index contributed by atoms with van der Waals surface area (Å²) < 4.78 is 5.99. The van der Waals surface area contributed by atoms with Gasteiger partial charge in [0.2, 0.25) is 0 Å². The number of nitrogens with one attached hydrogen (secondary N) is 1. The van der Waals surface area contributed by atoms with E-state index in [1.807, 2.05) is 24.3 Å². The molecule has 0 spiro atoms. The van der Waals surface area contributed by atoms with E-state index >= 15 is 0 Å². The molecule has 1 N–H and O–H groups in total. The van der Waals surface area contributed by atoms with Crippen LogP contribution in [0.25, 0.3) is 0 Å². The van der Waals surface area contributed by atoms with Crippen molar-refractivity contribution in [1.82, 2.24) is 5.32 Å². The number of rotatable bonds is 6. The highest BCUT2D eigenvalue weighted by atomic mass is 16.6. The van der Waals surface area contributed by atoms with E-state index in [1.54, 1.807) is 0 Å². The van der Waals surface area contributed by atoms with E-state index in [9.17, 15) is 14.9 Å². The summed E-state index contributed by atoms with van der Waals surface area (Å²) >= 11 is 0. The van der Waals surface area contributed by atoms with Gasteiger partial charge < -0.3 is 10.1 Å². The molecule has 0 atom stereocenters. The molecule has 1 amide bonds. The van der Waals surface area contributed by atoms with Crippen LogP contribution in [0.2, 0.25) is 0 Å². The minimum atomic E-state index is -0.487. The van der Waals surface area contributed by atoms with Gasteiger partial charge in [-0.05, 0) is 55.5 Å². The Hall–Kier alpha value is -2.89. The van der Waals surface area contributed by atoms with E-state index in [2.05, 4.69) is 5.32 Å². The number of non-ortho nitro benzene ring substituents is 1. The Morgan fingerprint density at radius 1 is 1.04 bits per heavy atom. The van der Waals surface area contributed by atoms with Gasteiger partial charge in [-0.3, -0.25) is 14.9 Å². The lowest BCUT2D eigenvalue weighted by Crippen LogP contribution is -2.22. The largest absolute Gasteiger partial charge is 0.490 e. The third-order valence-electron chi connectivity index (χ3n) is 4.57. The summed E-state index contributed by atoms with van der Waals surface area (Å²) in [6.45, 7) is 0.388. The molecule has 136 valence electrons. The topological polar surface area (TPSA) is 81.5 Å². The van der Waals surface area contributed by atoms with Crippen LogP contribution in [0.1, 0.15) is 48.0 Å². The number of nitro benzene ring substituents is 1. The van der Waals surface area contributed by atoms with Crippen molar-refractivity contribution in [2.75, 3.05) is 0 Å². The molecule has 1 aliphatic rings. The average Bonchev–Trinajstić information content (AvgIpc) is 2.68. The fraction of sp³-hybridized carbons (Fsp3) is 0.350. The molecule has 2 aromatic carbocycles. The van der Waals surface area contributed by atoms with Crippen molar-refractivity contribution < 1.29 is 14.5 Å². The molecule has 0 radical (unpaired) electrons. The van der Waals surface area contributed by atoms with Gasteiger partial charge in [0.15, 0.2) is 0 Å². The second-order valence-electron chi connectivity index (χ2n) is 6.51. The Balaban J connectivity index is 1.50. The van der Waals surface area contributed by atoms with Gasteiger partial charge in [-0.15, -0.1) is 0 Å². The molecule has 2 aromatic rings. The molecule has 1 saturated carbocycles. The molecule has 0 aliphatic heterocycles. The lowest BCUT2D eigenvalue weighted by atomic mass is 9.98. The number of hydrogen-bond acceptors (Lipinski definition) is 4. The van der Waals surface area contributed by atoms with Gasteiger partial charge in [0.1, 0.15) is 5.75 Å². The molecule has 6 heteroatoms. The van der Waals surface area contributed by atoms with Gasteiger partial charge in [0.05, 0.1) is 11.0 Å². The van der Waals surface area contributed by atoms with Crippen LogP contribution in [-0.2, 0) is 6.54 Å². The number of nitro groups is 1. The predicted octanol–water partition coefficient (Wildman–Crippen LogP) is 4.24. The van der Waals surface area contributed by atoms with Crippen molar-refractivity contribution in [1.29, 1.82) is 0 Å². The molecule has 3 rings (SSSR count). The summed E-state index contributed by atoms with van der Waals surface area (Å²) in [6.07, 6.45) is 6.32. The number of hydrogen-bond donors (Lipinski definition) is 1. The minimum absolute atomic E-state index is 0.0323. The standard InChI is InChI=1S/C20H22N2O4/c23-20(16-8-10-17(11-9-16)22(24)25)21-14-15-6-12-19(13-7-15)26-18-4-2-1-3-5-18/h6-13,18H,1-5,14H2,(H,21,23). The highest BCUT2D eigenvalue weighted by Gasteiger charge is 2.14. The Bertz CT molecular complexity index is 750. The molecule has 0 aromatic heterocycles. The number of carbonyl (C=O) groups is 1. The van der Waals surface area contributed by atoms with Gasteiger partial charge >= 0.3 is 0 Å². The molecule has 0 heterocycles. The number of amides is 1. The maximum Gasteiger partial charge on any atom is 0.269 e. The Kier molecular flexibility index (Phi) is 5.84.